The molecule has 0 unspecified atom stereocenters. The van der Waals surface area contributed by atoms with E-state index in [2.05, 4.69) is 20.6 Å². The number of ether oxygens (including phenoxy) is 1. The van der Waals surface area contributed by atoms with Crippen LogP contribution in [0.25, 0.3) is 11.5 Å². The van der Waals surface area contributed by atoms with Crippen molar-refractivity contribution in [3.05, 3.63) is 70.7 Å². The minimum Gasteiger partial charge on any atom is -0.491 e. The van der Waals surface area contributed by atoms with E-state index in [0.29, 0.717) is 28.1 Å². The molecule has 170 valence electrons. The van der Waals surface area contributed by atoms with Crippen molar-refractivity contribution in [1.82, 2.24) is 20.0 Å². The Morgan fingerprint density at radius 3 is 2.55 bits per heavy atom. The van der Waals surface area contributed by atoms with Gasteiger partial charge in [-0.15, -0.1) is 5.10 Å². The third kappa shape index (κ3) is 5.15. The molecule has 0 aliphatic rings. The normalized spacial score (nSPS) is 11.1. The van der Waals surface area contributed by atoms with Crippen LogP contribution in [0.3, 0.4) is 0 Å². The summed E-state index contributed by atoms with van der Waals surface area (Å²) in [7, 11) is 0. The van der Waals surface area contributed by atoms with Gasteiger partial charge in [-0.25, -0.2) is 9.67 Å². The number of nitrogens with one attached hydrogen (secondary N) is 1. The van der Waals surface area contributed by atoms with Crippen molar-refractivity contribution in [3.8, 4) is 17.2 Å². The van der Waals surface area contributed by atoms with Crippen molar-refractivity contribution in [2.45, 2.75) is 33.4 Å². The van der Waals surface area contributed by atoms with Crippen LogP contribution in [0, 0.1) is 6.92 Å². The molecule has 1 amide bonds. The molecule has 2 aromatic heterocycles. The van der Waals surface area contributed by atoms with Gasteiger partial charge in [-0.2, -0.15) is 0 Å². The molecule has 3 N–H and O–H groups in total. The van der Waals surface area contributed by atoms with Crippen molar-refractivity contribution in [1.29, 1.82) is 0 Å². The van der Waals surface area contributed by atoms with Crippen LogP contribution in [0.15, 0.2) is 52.9 Å². The zero-order valence-electron chi connectivity index (χ0n) is 18.4. The Kier molecular flexibility index (Phi) is 6.32. The van der Waals surface area contributed by atoms with Crippen molar-refractivity contribution in [3.63, 3.8) is 0 Å². The fraction of sp³-hybridized carbons (Fsp3) is 0.217. The Balaban J connectivity index is 1.48. The molecule has 0 fully saturated rings. The van der Waals surface area contributed by atoms with E-state index in [0.717, 1.165) is 11.3 Å². The van der Waals surface area contributed by atoms with Gasteiger partial charge >= 0.3 is 0 Å². The number of aromatic nitrogens is 4. The molecule has 0 radical (unpaired) electrons. The minimum atomic E-state index is -0.470. The second kappa shape index (κ2) is 9.33. The van der Waals surface area contributed by atoms with Gasteiger partial charge in [-0.3, -0.25) is 4.79 Å². The molecule has 0 atom stereocenters. The Labute approximate surface area is 195 Å². The number of amides is 1. The number of hydrogen-bond donors (Lipinski definition) is 2. The van der Waals surface area contributed by atoms with Gasteiger partial charge in [0, 0.05) is 16.3 Å². The van der Waals surface area contributed by atoms with E-state index in [4.69, 9.17) is 26.5 Å². The monoisotopic (exact) mass is 466 g/mol. The summed E-state index contributed by atoms with van der Waals surface area (Å²) in [6, 6.07) is 14.2. The third-order valence-corrected chi connectivity index (χ3v) is 5.01. The summed E-state index contributed by atoms with van der Waals surface area (Å²) in [5, 5.41) is 11.2. The maximum atomic E-state index is 12.6. The van der Waals surface area contributed by atoms with Gasteiger partial charge in [0.25, 0.3) is 5.91 Å². The molecule has 9 nitrogen and oxygen atoms in total. The summed E-state index contributed by atoms with van der Waals surface area (Å²) in [5.41, 5.74) is 8.18. The average molecular weight is 467 g/mol. The number of hydrogen-bond acceptors (Lipinski definition) is 7. The fourth-order valence-corrected chi connectivity index (χ4v) is 3.24. The first-order valence-corrected chi connectivity index (χ1v) is 10.7. The Morgan fingerprint density at radius 1 is 1.18 bits per heavy atom. The van der Waals surface area contributed by atoms with Gasteiger partial charge in [0.2, 0.25) is 5.89 Å². The molecule has 0 spiro atoms. The van der Waals surface area contributed by atoms with Crippen molar-refractivity contribution in [2.75, 3.05) is 11.1 Å². The molecule has 0 saturated heterocycles. The number of nitrogens with two attached hydrogens (primary N) is 1. The summed E-state index contributed by atoms with van der Waals surface area (Å²) in [5.74, 6) is 1.52. The number of rotatable bonds is 7. The van der Waals surface area contributed by atoms with E-state index in [1.165, 1.54) is 4.68 Å². The van der Waals surface area contributed by atoms with Gasteiger partial charge < -0.3 is 20.2 Å². The first-order valence-electron chi connectivity index (χ1n) is 10.3. The molecule has 10 heteroatoms. The van der Waals surface area contributed by atoms with E-state index in [1.54, 1.807) is 24.3 Å². The molecule has 0 saturated carbocycles. The van der Waals surface area contributed by atoms with Gasteiger partial charge in [-0.05, 0) is 69.3 Å². The maximum Gasteiger partial charge on any atom is 0.280 e. The zero-order chi connectivity index (χ0) is 23.5. The number of nitrogens with zero attached hydrogens (tertiary/aromatic N) is 4. The predicted molar refractivity (Wildman–Crippen MR) is 125 cm³/mol. The van der Waals surface area contributed by atoms with Crippen molar-refractivity contribution >= 4 is 29.0 Å². The number of anilines is 2. The van der Waals surface area contributed by atoms with E-state index < -0.39 is 5.91 Å². The molecule has 0 aliphatic carbocycles. The first kappa shape index (κ1) is 22.3. The summed E-state index contributed by atoms with van der Waals surface area (Å²) in [6.45, 7) is 5.96. The molecule has 33 heavy (non-hydrogen) atoms. The Morgan fingerprint density at radius 2 is 1.88 bits per heavy atom. The number of halogens is 1. The highest BCUT2D eigenvalue weighted by Crippen LogP contribution is 2.25. The lowest BCUT2D eigenvalue weighted by molar-refractivity contribution is 0.102. The number of nitrogen functional groups attached to an aromatic ring is 1. The number of oxazole rings is 1. The third-order valence-electron chi connectivity index (χ3n) is 4.76. The second-order valence-electron chi connectivity index (χ2n) is 7.65. The Hall–Kier alpha value is -3.85. The van der Waals surface area contributed by atoms with Crippen LogP contribution in [-0.4, -0.2) is 32.0 Å². The molecular formula is C23H23ClN6O3. The second-order valence-corrected chi connectivity index (χ2v) is 8.09. The largest absolute Gasteiger partial charge is 0.491 e. The molecule has 4 aromatic rings. The highest BCUT2D eigenvalue weighted by Gasteiger charge is 2.20. The van der Waals surface area contributed by atoms with Crippen LogP contribution < -0.4 is 15.8 Å². The average Bonchev–Trinajstić information content (AvgIpc) is 3.33. The van der Waals surface area contributed by atoms with Crippen LogP contribution in [-0.2, 0) is 6.54 Å². The smallest absolute Gasteiger partial charge is 0.280 e. The summed E-state index contributed by atoms with van der Waals surface area (Å²) in [4.78, 5) is 17.1. The maximum absolute atomic E-state index is 12.6. The van der Waals surface area contributed by atoms with E-state index in [-0.39, 0.29) is 24.2 Å². The number of benzene rings is 2. The summed E-state index contributed by atoms with van der Waals surface area (Å²) >= 11 is 5.87. The first-order chi connectivity index (χ1) is 15.8. The molecule has 0 aliphatic heterocycles. The highest BCUT2D eigenvalue weighted by atomic mass is 35.5. The van der Waals surface area contributed by atoms with Gasteiger partial charge in [0.05, 0.1) is 12.6 Å². The quantitative estimate of drug-likeness (QED) is 0.409. The molecule has 0 bridgehead atoms. The lowest BCUT2D eigenvalue weighted by Gasteiger charge is -2.09. The number of aryl methyl sites for hydroxylation is 1. The predicted octanol–water partition coefficient (Wildman–Crippen LogP) is 4.56. The Bertz CT molecular complexity index is 1260. The van der Waals surface area contributed by atoms with E-state index in [1.807, 2.05) is 45.0 Å². The number of carbonyl (C=O) groups is 1. The van der Waals surface area contributed by atoms with E-state index in [9.17, 15) is 4.79 Å². The fourth-order valence-electron chi connectivity index (χ4n) is 3.11. The van der Waals surface area contributed by atoms with Gasteiger partial charge in [0.15, 0.2) is 11.5 Å². The lowest BCUT2D eigenvalue weighted by atomic mass is 10.2. The number of carbonyl (C=O) groups excluding carboxylic acids is 1. The summed E-state index contributed by atoms with van der Waals surface area (Å²) < 4.78 is 12.9. The van der Waals surface area contributed by atoms with Gasteiger partial charge in [0.1, 0.15) is 17.2 Å². The SMILES string of the molecule is Cc1oc(-c2ccc(OC(C)C)cc2)nc1Cn1nnc(C(=O)Nc2ccc(Cl)cc2)c1N. The molecule has 4 rings (SSSR count). The van der Waals surface area contributed by atoms with Crippen molar-refractivity contribution < 1.29 is 13.9 Å². The lowest BCUT2D eigenvalue weighted by Crippen LogP contribution is -2.15. The van der Waals surface area contributed by atoms with Crippen LogP contribution in [0.2, 0.25) is 5.02 Å². The van der Waals surface area contributed by atoms with Gasteiger partial charge in [-0.1, -0.05) is 16.8 Å². The highest BCUT2D eigenvalue weighted by molar-refractivity contribution is 6.30. The molecule has 2 heterocycles. The van der Waals surface area contributed by atoms with E-state index >= 15 is 0 Å². The zero-order valence-corrected chi connectivity index (χ0v) is 19.1. The van der Waals surface area contributed by atoms with Crippen LogP contribution in [0.4, 0.5) is 11.5 Å². The molecular weight excluding hydrogens is 444 g/mol. The van der Waals surface area contributed by atoms with Crippen LogP contribution >= 0.6 is 11.6 Å². The molecule has 2 aromatic carbocycles. The van der Waals surface area contributed by atoms with Crippen molar-refractivity contribution in [2.24, 2.45) is 0 Å². The topological polar surface area (TPSA) is 121 Å². The minimum absolute atomic E-state index is 0.0204. The van der Waals surface area contributed by atoms with Crippen LogP contribution in [0.5, 0.6) is 5.75 Å². The summed E-state index contributed by atoms with van der Waals surface area (Å²) in [6.07, 6.45) is 0.0951. The standard InChI is InChI=1S/C23H23ClN6O3/c1-13(2)32-18-10-4-15(5-11-18)23-27-19(14(3)33-23)12-30-21(25)20(28-29-30)22(31)26-17-8-6-16(24)7-9-17/h4-11,13H,12,25H2,1-3H3,(H,26,31). The van der Waals surface area contributed by atoms with Crippen LogP contribution in [0.1, 0.15) is 35.8 Å².